The molecule has 1 saturated carbocycles. The number of hydrogen-bond acceptors (Lipinski definition) is 6. The second-order valence-corrected chi connectivity index (χ2v) is 8.61. The van der Waals surface area contributed by atoms with Gasteiger partial charge in [-0.2, -0.15) is 0 Å². The van der Waals surface area contributed by atoms with Gasteiger partial charge in [0.2, 0.25) is 0 Å². The maximum absolute atomic E-state index is 11.7. The second-order valence-electron chi connectivity index (χ2n) is 8.61. The quantitative estimate of drug-likeness (QED) is 0.664. The van der Waals surface area contributed by atoms with Crippen LogP contribution in [-0.4, -0.2) is 37.6 Å². The van der Waals surface area contributed by atoms with Gasteiger partial charge in [0.05, 0.1) is 26.0 Å². The number of hydroxylamine groups is 1. The van der Waals surface area contributed by atoms with E-state index in [9.17, 15) is 4.79 Å². The van der Waals surface area contributed by atoms with Gasteiger partial charge in [-0.1, -0.05) is 12.8 Å². The zero-order valence-corrected chi connectivity index (χ0v) is 17.8. The van der Waals surface area contributed by atoms with Crippen molar-refractivity contribution >= 4 is 11.8 Å². The van der Waals surface area contributed by atoms with Crippen molar-refractivity contribution in [1.82, 2.24) is 10.8 Å². The molecule has 1 aliphatic heterocycles. The van der Waals surface area contributed by atoms with Gasteiger partial charge in [0.25, 0.3) is 0 Å². The summed E-state index contributed by atoms with van der Waals surface area (Å²) in [7, 11) is 1.62. The molecule has 1 heterocycles. The Hall–Kier alpha value is -2.41. The van der Waals surface area contributed by atoms with Crippen LogP contribution in [0.5, 0.6) is 11.5 Å². The highest BCUT2D eigenvalue weighted by atomic mass is 16.7. The average molecular weight is 405 g/mol. The van der Waals surface area contributed by atoms with Crippen molar-refractivity contribution in [1.29, 1.82) is 0 Å². The third-order valence-electron chi connectivity index (χ3n) is 4.95. The molecule has 1 amide bonds. The summed E-state index contributed by atoms with van der Waals surface area (Å²) in [6.07, 6.45) is 6.83. The molecule has 0 unspecified atom stereocenters. The van der Waals surface area contributed by atoms with Gasteiger partial charge in [-0.15, -0.1) is 0 Å². The number of methoxy groups -OCH3 is 1. The maximum atomic E-state index is 11.7. The van der Waals surface area contributed by atoms with Crippen molar-refractivity contribution in [3.63, 3.8) is 0 Å². The number of alkyl carbamates (subject to hydrolysis) is 1. The highest BCUT2D eigenvalue weighted by Gasteiger charge is 2.38. The first-order valence-electron chi connectivity index (χ1n) is 10.2. The smallest absolute Gasteiger partial charge is 0.407 e. The molecule has 1 spiro atoms. The minimum absolute atomic E-state index is 0.165. The van der Waals surface area contributed by atoms with E-state index in [4.69, 9.17) is 19.0 Å². The predicted octanol–water partition coefficient (Wildman–Crippen LogP) is 4.18. The monoisotopic (exact) mass is 404 g/mol. The van der Waals surface area contributed by atoms with E-state index < -0.39 is 6.09 Å². The number of nitrogens with one attached hydrogen (secondary N) is 2. The van der Waals surface area contributed by atoms with Crippen LogP contribution in [0.4, 0.5) is 4.79 Å². The lowest BCUT2D eigenvalue weighted by atomic mass is 10.00. The van der Waals surface area contributed by atoms with Crippen LogP contribution in [-0.2, 0) is 9.57 Å². The van der Waals surface area contributed by atoms with Crippen molar-refractivity contribution in [2.75, 3.05) is 20.3 Å². The molecule has 0 aromatic heterocycles. The van der Waals surface area contributed by atoms with E-state index in [-0.39, 0.29) is 17.7 Å². The lowest BCUT2D eigenvalue weighted by molar-refractivity contribution is -0.0289. The fourth-order valence-electron chi connectivity index (χ4n) is 3.55. The van der Waals surface area contributed by atoms with Crippen molar-refractivity contribution in [3.05, 3.63) is 29.8 Å². The number of hydrogen-bond donors (Lipinski definition) is 2. The van der Waals surface area contributed by atoms with E-state index >= 15 is 0 Å². The number of carbonyl (C=O) groups is 1. The molecule has 29 heavy (non-hydrogen) atoms. The first-order valence-corrected chi connectivity index (χ1v) is 10.2. The van der Waals surface area contributed by atoms with Gasteiger partial charge in [-0.05, 0) is 57.9 Å². The van der Waals surface area contributed by atoms with E-state index in [0.29, 0.717) is 24.5 Å². The molecule has 1 aromatic rings. The van der Waals surface area contributed by atoms with E-state index in [1.54, 1.807) is 7.11 Å². The van der Waals surface area contributed by atoms with Crippen molar-refractivity contribution in [2.24, 2.45) is 0 Å². The van der Waals surface area contributed by atoms with Gasteiger partial charge >= 0.3 is 6.09 Å². The van der Waals surface area contributed by atoms with Gasteiger partial charge in [0.15, 0.2) is 11.5 Å². The fraction of sp³-hybridized carbons (Fsp3) is 0.591. The number of benzene rings is 1. The molecule has 0 radical (unpaired) electrons. The van der Waals surface area contributed by atoms with Crippen molar-refractivity contribution < 1.29 is 23.8 Å². The predicted molar refractivity (Wildman–Crippen MR) is 111 cm³/mol. The Kier molecular flexibility index (Phi) is 6.57. The minimum Gasteiger partial charge on any atom is -0.493 e. The number of rotatable bonds is 7. The number of amides is 1. The van der Waals surface area contributed by atoms with Crippen LogP contribution in [0.1, 0.15) is 58.4 Å². The third-order valence-corrected chi connectivity index (χ3v) is 4.95. The fourth-order valence-corrected chi connectivity index (χ4v) is 3.55. The molecular weight excluding hydrogens is 372 g/mol. The zero-order chi connectivity index (χ0) is 20.9. The van der Waals surface area contributed by atoms with E-state index in [1.165, 1.54) is 12.8 Å². The van der Waals surface area contributed by atoms with Gasteiger partial charge in [-0.25, -0.2) is 4.79 Å². The first kappa shape index (κ1) is 21.3. The molecule has 1 fully saturated rings. The molecule has 0 atom stereocenters. The van der Waals surface area contributed by atoms with Gasteiger partial charge in [0.1, 0.15) is 5.60 Å². The molecule has 7 heteroatoms. The van der Waals surface area contributed by atoms with Crippen molar-refractivity contribution in [3.8, 4) is 11.5 Å². The summed E-state index contributed by atoms with van der Waals surface area (Å²) in [5.74, 6) is 1.31. The maximum Gasteiger partial charge on any atom is 0.407 e. The summed E-state index contributed by atoms with van der Waals surface area (Å²) in [6.45, 7) is 6.42. The minimum atomic E-state index is -0.419. The topological polar surface area (TPSA) is 78.1 Å². The highest BCUT2D eigenvalue weighted by Crippen LogP contribution is 2.40. The summed E-state index contributed by atoms with van der Waals surface area (Å²) >= 11 is 0. The van der Waals surface area contributed by atoms with E-state index in [1.807, 2.05) is 39.0 Å². The number of carbonyl (C=O) groups excluding carboxylic acids is 1. The van der Waals surface area contributed by atoms with Crippen LogP contribution >= 0.6 is 0 Å². The standard InChI is InChI=1S/C22H32N2O5/c1-21(2,3)23-20(25)28-13-7-12-27-19-14-16(8-9-18(19)26-4)17-15-22(29-24-17)10-5-6-11-22/h8-9,14-15,24H,5-7,10-13H2,1-4H3,(H,23,25). The Balaban J connectivity index is 1.54. The Morgan fingerprint density at radius 1 is 1.21 bits per heavy atom. The van der Waals surface area contributed by atoms with Crippen LogP contribution in [0.15, 0.2) is 24.3 Å². The first-order chi connectivity index (χ1) is 13.8. The van der Waals surface area contributed by atoms with Crippen molar-refractivity contribution in [2.45, 2.75) is 64.0 Å². The molecule has 1 aromatic carbocycles. The normalized spacial score (nSPS) is 17.6. The summed E-state index contributed by atoms with van der Waals surface area (Å²) in [5, 5.41) is 2.76. The molecule has 0 bridgehead atoms. The summed E-state index contributed by atoms with van der Waals surface area (Å²) in [6, 6.07) is 5.82. The summed E-state index contributed by atoms with van der Waals surface area (Å²) < 4.78 is 16.5. The molecule has 0 saturated heterocycles. The van der Waals surface area contributed by atoms with Crippen LogP contribution < -0.4 is 20.3 Å². The molecular formula is C22H32N2O5. The Labute approximate surface area is 172 Å². The average Bonchev–Trinajstić information content (AvgIpc) is 3.30. The highest BCUT2D eigenvalue weighted by molar-refractivity contribution is 5.69. The number of ether oxygens (including phenoxy) is 3. The van der Waals surface area contributed by atoms with Crippen LogP contribution in [0.2, 0.25) is 0 Å². The Morgan fingerprint density at radius 2 is 1.97 bits per heavy atom. The largest absolute Gasteiger partial charge is 0.493 e. The van der Waals surface area contributed by atoms with Crippen LogP contribution in [0.25, 0.3) is 5.70 Å². The SMILES string of the molecule is COc1ccc(C2=CC3(CCCC3)ON2)cc1OCCCOC(=O)NC(C)(C)C. The summed E-state index contributed by atoms with van der Waals surface area (Å²) in [5.41, 5.74) is 4.55. The molecule has 3 rings (SSSR count). The van der Waals surface area contributed by atoms with Gasteiger partial charge in [-0.3, -0.25) is 10.3 Å². The lowest BCUT2D eigenvalue weighted by Gasteiger charge is -2.20. The molecule has 7 nitrogen and oxygen atoms in total. The molecule has 1 aliphatic carbocycles. The van der Waals surface area contributed by atoms with E-state index in [0.717, 1.165) is 24.1 Å². The molecule has 2 aliphatic rings. The molecule has 2 N–H and O–H groups in total. The van der Waals surface area contributed by atoms with Gasteiger partial charge < -0.3 is 19.5 Å². The van der Waals surface area contributed by atoms with E-state index in [2.05, 4.69) is 16.9 Å². The lowest BCUT2D eigenvalue weighted by Crippen LogP contribution is -2.41. The zero-order valence-electron chi connectivity index (χ0n) is 17.8. The third kappa shape index (κ3) is 5.79. The summed E-state index contributed by atoms with van der Waals surface area (Å²) in [4.78, 5) is 17.5. The van der Waals surface area contributed by atoms with Crippen LogP contribution in [0.3, 0.4) is 0 Å². The van der Waals surface area contributed by atoms with Gasteiger partial charge in [0, 0.05) is 17.5 Å². The Bertz CT molecular complexity index is 748. The second kappa shape index (κ2) is 8.95. The Morgan fingerprint density at radius 3 is 2.66 bits per heavy atom. The van der Waals surface area contributed by atoms with Crippen LogP contribution in [0, 0.1) is 0 Å². The molecule has 160 valence electrons.